The van der Waals surface area contributed by atoms with E-state index in [1.165, 1.54) is 0 Å². The maximum atomic E-state index is 12.7. The second-order valence-electron chi connectivity index (χ2n) is 5.61. The Morgan fingerprint density at radius 3 is 2.00 bits per heavy atom. The van der Waals surface area contributed by atoms with Crippen LogP contribution in [0.25, 0.3) is 0 Å². The number of benzene rings is 2. The minimum atomic E-state index is -0.432. The zero-order valence-corrected chi connectivity index (χ0v) is 12.9. The van der Waals surface area contributed by atoms with Crippen molar-refractivity contribution in [2.45, 2.75) is 25.2 Å². The van der Waals surface area contributed by atoms with Crippen molar-refractivity contribution in [3.63, 3.8) is 0 Å². The number of epoxide rings is 1. The summed E-state index contributed by atoms with van der Waals surface area (Å²) >= 11 is 0. The molecule has 1 saturated heterocycles. The van der Waals surface area contributed by atoms with E-state index < -0.39 is 6.10 Å². The van der Waals surface area contributed by atoms with Crippen LogP contribution >= 0.6 is 0 Å². The van der Waals surface area contributed by atoms with Gasteiger partial charge in [0.2, 0.25) is 0 Å². The summed E-state index contributed by atoms with van der Waals surface area (Å²) in [5.41, 5.74) is 1.96. The molecule has 0 bridgehead atoms. The van der Waals surface area contributed by atoms with Crippen LogP contribution in [0.4, 0.5) is 0 Å². The van der Waals surface area contributed by atoms with Crippen LogP contribution in [0.5, 0.6) is 0 Å². The highest BCUT2D eigenvalue weighted by Crippen LogP contribution is 2.32. The number of hydrogen-bond donors (Lipinski definition) is 0. The number of hydrogen-bond acceptors (Lipinski definition) is 3. The highest BCUT2D eigenvalue weighted by Gasteiger charge is 2.45. The molecule has 0 spiro atoms. The summed E-state index contributed by atoms with van der Waals surface area (Å²) in [6.07, 6.45) is -0.505. The van der Waals surface area contributed by atoms with Crippen LogP contribution in [0, 0.1) is 11.3 Å². The van der Waals surface area contributed by atoms with Gasteiger partial charge < -0.3 is 9.64 Å². The highest BCUT2D eigenvalue weighted by molar-refractivity contribution is 5.84. The Labute approximate surface area is 135 Å². The molecule has 1 aliphatic rings. The molecule has 2 atom stereocenters. The molecule has 1 amide bonds. The van der Waals surface area contributed by atoms with Crippen molar-refractivity contribution in [2.75, 3.05) is 6.54 Å². The van der Waals surface area contributed by atoms with Gasteiger partial charge in [0.1, 0.15) is 6.54 Å². The number of carbonyl (C=O) groups excluding carboxylic acids is 1. The van der Waals surface area contributed by atoms with Crippen molar-refractivity contribution in [3.8, 4) is 6.07 Å². The lowest BCUT2D eigenvalue weighted by molar-refractivity contribution is -0.133. The van der Waals surface area contributed by atoms with E-state index in [-0.39, 0.29) is 24.6 Å². The first kappa shape index (κ1) is 15.3. The van der Waals surface area contributed by atoms with Gasteiger partial charge in [-0.2, -0.15) is 5.26 Å². The average molecular weight is 306 g/mol. The standard InChI is InChI=1S/C19H18N2O2/c1-14-18(23-14)19(22)21(13-12-20)17(15-8-4-2-5-9-15)16-10-6-3-7-11-16/h2-11,14,17-18H,13H2,1H3/t14-,18-/m1/s1. The Kier molecular flexibility index (Phi) is 4.40. The van der Waals surface area contributed by atoms with Gasteiger partial charge in [-0.1, -0.05) is 60.7 Å². The molecular weight excluding hydrogens is 288 g/mol. The van der Waals surface area contributed by atoms with Crippen LogP contribution in [0.15, 0.2) is 60.7 Å². The van der Waals surface area contributed by atoms with Gasteiger partial charge in [-0.15, -0.1) is 0 Å². The maximum Gasteiger partial charge on any atom is 0.256 e. The third-order valence-electron chi connectivity index (χ3n) is 4.02. The monoisotopic (exact) mass is 306 g/mol. The molecule has 23 heavy (non-hydrogen) atoms. The molecule has 0 unspecified atom stereocenters. The second kappa shape index (κ2) is 6.64. The number of ether oxygens (including phenoxy) is 1. The van der Waals surface area contributed by atoms with Crippen molar-refractivity contribution in [2.24, 2.45) is 0 Å². The molecule has 1 fully saturated rings. The summed E-state index contributed by atoms with van der Waals surface area (Å²) in [5.74, 6) is -0.128. The van der Waals surface area contributed by atoms with Gasteiger partial charge in [0, 0.05) is 0 Å². The molecule has 2 aromatic rings. The third kappa shape index (κ3) is 3.25. The van der Waals surface area contributed by atoms with E-state index >= 15 is 0 Å². The van der Waals surface area contributed by atoms with Crippen LogP contribution in [-0.4, -0.2) is 29.6 Å². The largest absolute Gasteiger partial charge is 0.359 e. The van der Waals surface area contributed by atoms with Gasteiger partial charge in [0.15, 0.2) is 6.10 Å². The number of nitrogens with zero attached hydrogens (tertiary/aromatic N) is 2. The zero-order chi connectivity index (χ0) is 16.2. The van der Waals surface area contributed by atoms with Crippen molar-refractivity contribution in [1.82, 2.24) is 4.90 Å². The average Bonchev–Trinajstić information content (AvgIpc) is 3.32. The number of nitriles is 1. The summed E-state index contributed by atoms with van der Waals surface area (Å²) in [6.45, 7) is 1.90. The van der Waals surface area contributed by atoms with E-state index in [0.29, 0.717) is 0 Å². The van der Waals surface area contributed by atoms with E-state index in [9.17, 15) is 10.1 Å². The van der Waals surface area contributed by atoms with E-state index in [4.69, 9.17) is 4.74 Å². The topological polar surface area (TPSA) is 56.6 Å². The highest BCUT2D eigenvalue weighted by atomic mass is 16.6. The first-order valence-electron chi connectivity index (χ1n) is 7.65. The minimum Gasteiger partial charge on any atom is -0.359 e. The van der Waals surface area contributed by atoms with Crippen molar-refractivity contribution in [3.05, 3.63) is 71.8 Å². The third-order valence-corrected chi connectivity index (χ3v) is 4.02. The molecular formula is C19H18N2O2. The van der Waals surface area contributed by atoms with Gasteiger partial charge in [-0.25, -0.2) is 0 Å². The van der Waals surface area contributed by atoms with Crippen molar-refractivity contribution < 1.29 is 9.53 Å². The Morgan fingerprint density at radius 2 is 1.61 bits per heavy atom. The predicted octanol–water partition coefficient (Wildman–Crippen LogP) is 2.92. The van der Waals surface area contributed by atoms with Gasteiger partial charge in [-0.3, -0.25) is 4.79 Å². The summed E-state index contributed by atoms with van der Waals surface area (Å²) in [5, 5.41) is 9.21. The van der Waals surface area contributed by atoms with Gasteiger partial charge in [0.05, 0.1) is 18.2 Å². The summed E-state index contributed by atoms with van der Waals surface area (Å²) in [6, 6.07) is 21.4. The molecule has 1 aliphatic heterocycles. The van der Waals surface area contributed by atoms with Crippen molar-refractivity contribution in [1.29, 1.82) is 5.26 Å². The molecule has 2 aromatic carbocycles. The van der Waals surface area contributed by atoms with Crippen LogP contribution in [-0.2, 0) is 9.53 Å². The van der Waals surface area contributed by atoms with Crippen LogP contribution < -0.4 is 0 Å². The fraction of sp³-hybridized carbons (Fsp3) is 0.263. The minimum absolute atomic E-state index is 0.0276. The quantitative estimate of drug-likeness (QED) is 0.630. The molecule has 0 radical (unpaired) electrons. The zero-order valence-electron chi connectivity index (χ0n) is 12.9. The Hall–Kier alpha value is -2.64. The first-order valence-corrected chi connectivity index (χ1v) is 7.65. The molecule has 4 heteroatoms. The van der Waals surface area contributed by atoms with E-state index in [0.717, 1.165) is 11.1 Å². The Balaban J connectivity index is 2.02. The Bertz CT molecular complexity index is 670. The lowest BCUT2D eigenvalue weighted by Crippen LogP contribution is -2.39. The molecule has 0 saturated carbocycles. The first-order chi connectivity index (χ1) is 11.2. The second-order valence-corrected chi connectivity index (χ2v) is 5.61. The number of carbonyl (C=O) groups is 1. The lowest BCUT2D eigenvalue weighted by Gasteiger charge is -2.30. The predicted molar refractivity (Wildman–Crippen MR) is 86.4 cm³/mol. The van der Waals surface area contributed by atoms with Crippen LogP contribution in [0.3, 0.4) is 0 Å². The molecule has 116 valence electrons. The van der Waals surface area contributed by atoms with Gasteiger partial charge in [0.25, 0.3) is 5.91 Å². The van der Waals surface area contributed by atoms with Crippen molar-refractivity contribution >= 4 is 5.91 Å². The fourth-order valence-electron chi connectivity index (χ4n) is 2.80. The van der Waals surface area contributed by atoms with E-state index in [1.807, 2.05) is 67.6 Å². The lowest BCUT2D eigenvalue weighted by atomic mass is 9.96. The van der Waals surface area contributed by atoms with E-state index in [1.54, 1.807) is 4.90 Å². The van der Waals surface area contributed by atoms with Crippen LogP contribution in [0.1, 0.15) is 24.1 Å². The SMILES string of the molecule is C[C@H]1O[C@H]1C(=O)N(CC#N)C(c1ccccc1)c1ccccc1. The molecule has 1 heterocycles. The van der Waals surface area contributed by atoms with E-state index in [2.05, 4.69) is 6.07 Å². The molecule has 3 rings (SSSR count). The molecule has 0 N–H and O–H groups in total. The summed E-state index contributed by atoms with van der Waals surface area (Å²) in [4.78, 5) is 14.4. The summed E-state index contributed by atoms with van der Waals surface area (Å²) < 4.78 is 5.33. The smallest absolute Gasteiger partial charge is 0.256 e. The molecule has 0 aromatic heterocycles. The van der Waals surface area contributed by atoms with Gasteiger partial charge in [-0.05, 0) is 18.1 Å². The fourth-order valence-corrected chi connectivity index (χ4v) is 2.80. The number of amides is 1. The normalized spacial score (nSPS) is 19.2. The van der Waals surface area contributed by atoms with Gasteiger partial charge >= 0.3 is 0 Å². The molecule has 0 aliphatic carbocycles. The number of rotatable bonds is 5. The Morgan fingerprint density at radius 1 is 1.13 bits per heavy atom. The maximum absolute atomic E-state index is 12.7. The van der Waals surface area contributed by atoms with Crippen LogP contribution in [0.2, 0.25) is 0 Å². The summed E-state index contributed by atoms with van der Waals surface area (Å²) in [7, 11) is 0. The molecule has 4 nitrogen and oxygen atoms in total.